The summed E-state index contributed by atoms with van der Waals surface area (Å²) in [7, 11) is 0. The molecule has 0 amide bonds. The van der Waals surface area contributed by atoms with Crippen LogP contribution in [0.1, 0.15) is 26.7 Å². The Morgan fingerprint density at radius 1 is 1.50 bits per heavy atom. The van der Waals surface area contributed by atoms with Gasteiger partial charge >= 0.3 is 0 Å². The maximum Gasteiger partial charge on any atom is 0.139 e. The van der Waals surface area contributed by atoms with Crippen LogP contribution in [0.5, 0.6) is 0 Å². The summed E-state index contributed by atoms with van der Waals surface area (Å²) in [5.74, 6) is -0.192. The van der Waals surface area contributed by atoms with Crippen LogP contribution >= 0.6 is 15.9 Å². The molecule has 1 aliphatic heterocycles. The van der Waals surface area contributed by atoms with E-state index in [2.05, 4.69) is 40.0 Å². The van der Waals surface area contributed by atoms with E-state index in [0.29, 0.717) is 4.47 Å². The largest absolute Gasteiger partial charge is 0.370 e. The Bertz CT molecular complexity index is 424. The van der Waals surface area contributed by atoms with Gasteiger partial charge < -0.3 is 10.2 Å². The van der Waals surface area contributed by atoms with Crippen LogP contribution in [0.25, 0.3) is 0 Å². The van der Waals surface area contributed by atoms with Gasteiger partial charge in [0.1, 0.15) is 5.82 Å². The summed E-state index contributed by atoms with van der Waals surface area (Å²) in [5, 5.41) is 3.59. The van der Waals surface area contributed by atoms with Crippen molar-refractivity contribution in [3.63, 3.8) is 0 Å². The van der Waals surface area contributed by atoms with Gasteiger partial charge in [-0.3, -0.25) is 0 Å². The summed E-state index contributed by atoms with van der Waals surface area (Å²) in [4.78, 5) is 2.28. The number of nitrogens with zero attached hydrogens (tertiary/aromatic N) is 1. The molecule has 1 aromatic carbocycles. The average molecular weight is 315 g/mol. The molecule has 0 aliphatic carbocycles. The van der Waals surface area contributed by atoms with E-state index in [-0.39, 0.29) is 11.4 Å². The molecule has 1 atom stereocenters. The lowest BCUT2D eigenvalue weighted by atomic mass is 9.98. The van der Waals surface area contributed by atoms with Crippen LogP contribution in [0.2, 0.25) is 0 Å². The third-order valence-corrected chi connectivity index (χ3v) is 4.39. The first-order valence-corrected chi connectivity index (χ1v) is 7.28. The Balaban J connectivity index is 2.22. The number of hydrogen-bond acceptors (Lipinski definition) is 2. The number of anilines is 1. The molecule has 0 bridgehead atoms. The minimum Gasteiger partial charge on any atom is -0.370 e. The van der Waals surface area contributed by atoms with Gasteiger partial charge in [0.15, 0.2) is 0 Å². The normalized spacial score (nSPS) is 25.0. The molecule has 1 heterocycles. The van der Waals surface area contributed by atoms with Crippen LogP contribution < -0.4 is 10.2 Å². The van der Waals surface area contributed by atoms with Crippen molar-refractivity contribution >= 4 is 21.6 Å². The summed E-state index contributed by atoms with van der Waals surface area (Å²) >= 11 is 3.20. The van der Waals surface area contributed by atoms with Crippen LogP contribution in [-0.2, 0) is 0 Å². The lowest BCUT2D eigenvalue weighted by molar-refractivity contribution is 0.366. The van der Waals surface area contributed by atoms with Gasteiger partial charge in [-0.2, -0.15) is 0 Å². The van der Waals surface area contributed by atoms with E-state index in [1.807, 2.05) is 6.07 Å². The molecule has 1 saturated heterocycles. The first-order chi connectivity index (χ1) is 8.54. The van der Waals surface area contributed by atoms with E-state index in [0.717, 1.165) is 38.2 Å². The fourth-order valence-electron chi connectivity index (χ4n) is 2.36. The van der Waals surface area contributed by atoms with Crippen molar-refractivity contribution in [2.45, 2.75) is 32.2 Å². The second-order valence-electron chi connectivity index (χ2n) is 5.21. The Morgan fingerprint density at radius 3 is 2.94 bits per heavy atom. The van der Waals surface area contributed by atoms with Crippen molar-refractivity contribution in [2.24, 2.45) is 0 Å². The number of benzene rings is 1. The summed E-state index contributed by atoms with van der Waals surface area (Å²) in [6, 6.07) is 5.38. The predicted octanol–water partition coefficient (Wildman–Crippen LogP) is 3.56. The first kappa shape index (κ1) is 13.8. The van der Waals surface area contributed by atoms with Crippen molar-refractivity contribution < 1.29 is 4.39 Å². The van der Waals surface area contributed by atoms with E-state index in [4.69, 9.17) is 0 Å². The smallest absolute Gasteiger partial charge is 0.139 e. The molecule has 100 valence electrons. The van der Waals surface area contributed by atoms with Crippen LogP contribution in [0.4, 0.5) is 10.1 Å². The molecule has 4 heteroatoms. The highest BCUT2D eigenvalue weighted by Crippen LogP contribution is 2.25. The van der Waals surface area contributed by atoms with Gasteiger partial charge in [-0.15, -0.1) is 0 Å². The SMILES string of the molecule is CCC1(C)CN(c2ccc(Br)c(F)c2)CCCN1. The number of hydrogen-bond donors (Lipinski definition) is 1. The van der Waals surface area contributed by atoms with Gasteiger partial charge in [0, 0.05) is 24.3 Å². The Morgan fingerprint density at radius 2 is 2.28 bits per heavy atom. The Hall–Kier alpha value is -0.610. The molecular weight excluding hydrogens is 295 g/mol. The highest BCUT2D eigenvalue weighted by molar-refractivity contribution is 9.10. The summed E-state index contributed by atoms with van der Waals surface area (Å²) in [5.41, 5.74) is 1.08. The zero-order chi connectivity index (χ0) is 13.2. The maximum atomic E-state index is 13.6. The molecule has 0 aromatic heterocycles. The molecule has 1 unspecified atom stereocenters. The topological polar surface area (TPSA) is 15.3 Å². The van der Waals surface area contributed by atoms with Crippen molar-refractivity contribution in [3.8, 4) is 0 Å². The Kier molecular flexibility index (Phi) is 4.28. The van der Waals surface area contributed by atoms with Crippen LogP contribution in [0.3, 0.4) is 0 Å². The second kappa shape index (κ2) is 5.57. The van der Waals surface area contributed by atoms with Crippen LogP contribution in [-0.4, -0.2) is 25.2 Å². The minimum atomic E-state index is -0.192. The first-order valence-electron chi connectivity index (χ1n) is 6.49. The van der Waals surface area contributed by atoms with Crippen molar-refractivity contribution in [2.75, 3.05) is 24.5 Å². The maximum absolute atomic E-state index is 13.6. The van der Waals surface area contributed by atoms with Gasteiger partial charge in [0.25, 0.3) is 0 Å². The molecule has 0 saturated carbocycles. The van der Waals surface area contributed by atoms with E-state index >= 15 is 0 Å². The third kappa shape index (κ3) is 3.04. The second-order valence-corrected chi connectivity index (χ2v) is 6.07. The number of nitrogens with one attached hydrogen (secondary N) is 1. The van der Waals surface area contributed by atoms with E-state index < -0.39 is 0 Å². The molecule has 2 rings (SSSR count). The van der Waals surface area contributed by atoms with Gasteiger partial charge in [-0.1, -0.05) is 6.92 Å². The van der Waals surface area contributed by atoms with Gasteiger partial charge in [-0.05, 0) is 60.4 Å². The average Bonchev–Trinajstić information content (AvgIpc) is 2.56. The lowest BCUT2D eigenvalue weighted by Crippen LogP contribution is -2.48. The van der Waals surface area contributed by atoms with Crippen LogP contribution in [0, 0.1) is 5.82 Å². The third-order valence-electron chi connectivity index (χ3n) is 3.75. The molecular formula is C14H20BrFN2. The summed E-state index contributed by atoms with van der Waals surface area (Å²) in [6.07, 6.45) is 2.16. The number of rotatable bonds is 2. The van der Waals surface area contributed by atoms with Gasteiger partial charge in [0.2, 0.25) is 0 Å². The fourth-order valence-corrected chi connectivity index (χ4v) is 2.60. The van der Waals surface area contributed by atoms with E-state index in [1.165, 1.54) is 0 Å². The zero-order valence-electron chi connectivity index (χ0n) is 11.0. The molecule has 1 N–H and O–H groups in total. The highest BCUT2D eigenvalue weighted by atomic mass is 79.9. The van der Waals surface area contributed by atoms with Crippen LogP contribution in [0.15, 0.2) is 22.7 Å². The van der Waals surface area contributed by atoms with Crippen molar-refractivity contribution in [3.05, 3.63) is 28.5 Å². The zero-order valence-corrected chi connectivity index (χ0v) is 12.6. The van der Waals surface area contributed by atoms with Crippen molar-refractivity contribution in [1.82, 2.24) is 5.32 Å². The molecule has 2 nitrogen and oxygen atoms in total. The number of halogens is 2. The standard InChI is InChI=1S/C14H20BrFN2/c1-3-14(2)10-18(8-4-7-17-14)11-5-6-12(15)13(16)9-11/h5-6,9,17H,3-4,7-8,10H2,1-2H3. The summed E-state index contributed by atoms with van der Waals surface area (Å²) in [6.45, 7) is 7.35. The molecule has 1 aliphatic rings. The minimum absolute atomic E-state index is 0.111. The fraction of sp³-hybridized carbons (Fsp3) is 0.571. The highest BCUT2D eigenvalue weighted by Gasteiger charge is 2.27. The molecule has 1 fully saturated rings. The monoisotopic (exact) mass is 314 g/mol. The molecule has 1 aromatic rings. The van der Waals surface area contributed by atoms with Gasteiger partial charge in [-0.25, -0.2) is 4.39 Å². The molecule has 0 spiro atoms. The van der Waals surface area contributed by atoms with Gasteiger partial charge in [0.05, 0.1) is 4.47 Å². The molecule has 18 heavy (non-hydrogen) atoms. The quantitative estimate of drug-likeness (QED) is 0.898. The summed E-state index contributed by atoms with van der Waals surface area (Å²) < 4.78 is 14.1. The molecule has 0 radical (unpaired) electrons. The lowest BCUT2D eigenvalue weighted by Gasteiger charge is -2.34. The predicted molar refractivity (Wildman–Crippen MR) is 77.6 cm³/mol. The van der Waals surface area contributed by atoms with E-state index in [1.54, 1.807) is 12.1 Å². The Labute approximate surface area is 117 Å². The van der Waals surface area contributed by atoms with Crippen molar-refractivity contribution in [1.29, 1.82) is 0 Å². The van der Waals surface area contributed by atoms with E-state index in [9.17, 15) is 4.39 Å².